The molecule has 0 bridgehead atoms. The van der Waals surface area contributed by atoms with Crippen LogP contribution in [0.1, 0.15) is 78.7 Å². The summed E-state index contributed by atoms with van der Waals surface area (Å²) in [6.07, 6.45) is 0.336. The van der Waals surface area contributed by atoms with Crippen LogP contribution in [0.4, 0.5) is 23.7 Å². The Balaban J connectivity index is 1.42. The zero-order valence-electron chi connectivity index (χ0n) is 25.2. The third-order valence-electron chi connectivity index (χ3n) is 10.3. The quantitative estimate of drug-likeness (QED) is 0.397. The second-order valence-corrected chi connectivity index (χ2v) is 14.1. The highest BCUT2D eigenvalue weighted by Gasteiger charge is 2.62. The fourth-order valence-electron chi connectivity index (χ4n) is 8.39. The number of ether oxygens (including phenoxy) is 2. The largest absolute Gasteiger partial charge is 0.573 e. The highest BCUT2D eigenvalue weighted by atomic mass is 19.4. The Kier molecular flexibility index (Phi) is 7.46. The zero-order chi connectivity index (χ0) is 30.8. The van der Waals surface area contributed by atoms with Gasteiger partial charge in [0.25, 0.3) is 0 Å². The standard InChI is InChI=1S/C32H41F3N2O5/c1-18-7-10-24(25(15-18)41-32(33,34)35)36-27(39)23-9-8-21-20-17-37(28(40)42-29(2,3)4)26-16-19(38)11-13-31(26,6)22(20)12-14-30(21,23)5/h7,10,15-16,20-23H,8-9,11-14,17H2,1-6H3,(H,36,39). The molecular weight excluding hydrogens is 549 g/mol. The molecule has 0 spiro atoms. The molecule has 7 nitrogen and oxygen atoms in total. The van der Waals surface area contributed by atoms with Gasteiger partial charge in [0.15, 0.2) is 11.5 Å². The van der Waals surface area contributed by atoms with E-state index in [0.717, 1.165) is 25.0 Å². The molecule has 1 aliphatic heterocycles. The number of hydrogen-bond donors (Lipinski definition) is 1. The number of benzene rings is 1. The number of nitrogens with zero attached hydrogens (tertiary/aromatic N) is 1. The van der Waals surface area contributed by atoms with Gasteiger partial charge in [0.1, 0.15) is 5.60 Å². The third kappa shape index (κ3) is 5.53. The van der Waals surface area contributed by atoms with Crippen LogP contribution in [-0.2, 0) is 14.3 Å². The van der Waals surface area contributed by atoms with Crippen molar-refractivity contribution in [2.45, 2.75) is 92.0 Å². The van der Waals surface area contributed by atoms with Crippen molar-refractivity contribution in [3.8, 4) is 5.75 Å². The fraction of sp³-hybridized carbons (Fsp3) is 0.656. The topological polar surface area (TPSA) is 84.9 Å². The Labute approximate surface area is 245 Å². The highest BCUT2D eigenvalue weighted by molar-refractivity contribution is 5.95. The number of rotatable bonds is 3. The maximum Gasteiger partial charge on any atom is 0.573 e. The van der Waals surface area contributed by atoms with Gasteiger partial charge in [-0.05, 0) is 101 Å². The molecule has 0 radical (unpaired) electrons. The number of alkyl halides is 3. The minimum atomic E-state index is -4.88. The monoisotopic (exact) mass is 590 g/mol. The fourth-order valence-corrected chi connectivity index (χ4v) is 8.39. The van der Waals surface area contributed by atoms with E-state index < -0.39 is 35.1 Å². The Morgan fingerprint density at radius 3 is 2.43 bits per heavy atom. The number of halogens is 3. The average Bonchev–Trinajstić information content (AvgIpc) is 3.21. The molecule has 1 aromatic rings. The number of allylic oxidation sites excluding steroid dienone is 2. The molecule has 6 unspecified atom stereocenters. The second kappa shape index (κ2) is 10.3. The van der Waals surface area contributed by atoms with E-state index in [4.69, 9.17) is 4.74 Å². The molecule has 1 N–H and O–H groups in total. The minimum Gasteiger partial charge on any atom is -0.443 e. The van der Waals surface area contributed by atoms with Gasteiger partial charge in [-0.2, -0.15) is 0 Å². The third-order valence-corrected chi connectivity index (χ3v) is 10.3. The normalized spacial score (nSPS) is 32.7. The van der Waals surface area contributed by atoms with Crippen molar-refractivity contribution in [2.75, 3.05) is 11.9 Å². The summed E-state index contributed by atoms with van der Waals surface area (Å²) in [5.74, 6) is -0.694. The van der Waals surface area contributed by atoms with Crippen molar-refractivity contribution < 1.29 is 37.0 Å². The first-order valence-corrected chi connectivity index (χ1v) is 14.8. The molecule has 2 saturated carbocycles. The summed E-state index contributed by atoms with van der Waals surface area (Å²) in [6, 6.07) is 4.34. The first-order valence-electron chi connectivity index (χ1n) is 14.8. The van der Waals surface area contributed by atoms with E-state index in [0.29, 0.717) is 31.4 Å². The van der Waals surface area contributed by atoms with Crippen LogP contribution < -0.4 is 10.1 Å². The molecule has 230 valence electrons. The minimum absolute atomic E-state index is 0.00779. The molecule has 2 amide bonds. The van der Waals surface area contributed by atoms with Gasteiger partial charge < -0.3 is 14.8 Å². The summed E-state index contributed by atoms with van der Waals surface area (Å²) < 4.78 is 49.3. The number of hydrogen-bond acceptors (Lipinski definition) is 5. The number of amides is 2. The summed E-state index contributed by atoms with van der Waals surface area (Å²) >= 11 is 0. The van der Waals surface area contributed by atoms with Crippen LogP contribution in [0.15, 0.2) is 30.0 Å². The van der Waals surface area contributed by atoms with Crippen LogP contribution in [0.3, 0.4) is 0 Å². The van der Waals surface area contributed by atoms with Gasteiger partial charge in [0, 0.05) is 36.1 Å². The van der Waals surface area contributed by atoms with E-state index >= 15 is 0 Å². The first-order chi connectivity index (χ1) is 19.4. The number of piperidine rings is 1. The maximum absolute atomic E-state index is 13.7. The van der Waals surface area contributed by atoms with Crippen LogP contribution in [0.5, 0.6) is 5.75 Å². The lowest BCUT2D eigenvalue weighted by Gasteiger charge is -2.60. The lowest BCUT2D eigenvalue weighted by molar-refractivity contribution is -0.274. The van der Waals surface area contributed by atoms with Gasteiger partial charge in [-0.1, -0.05) is 19.9 Å². The van der Waals surface area contributed by atoms with Crippen LogP contribution >= 0.6 is 0 Å². The number of fused-ring (bicyclic) bond motifs is 5. The maximum atomic E-state index is 13.7. The smallest absolute Gasteiger partial charge is 0.443 e. The summed E-state index contributed by atoms with van der Waals surface area (Å²) in [4.78, 5) is 41.4. The number of carbonyl (C=O) groups is 3. The predicted octanol–water partition coefficient (Wildman–Crippen LogP) is 7.39. The summed E-state index contributed by atoms with van der Waals surface area (Å²) in [5, 5.41) is 2.75. The number of nitrogens with one attached hydrogen (secondary N) is 1. The molecule has 4 aliphatic rings. The Hall–Kier alpha value is -3.04. The van der Waals surface area contributed by atoms with Crippen LogP contribution in [0.2, 0.25) is 0 Å². The lowest BCUT2D eigenvalue weighted by atomic mass is 9.49. The Morgan fingerprint density at radius 1 is 1.05 bits per heavy atom. The van der Waals surface area contributed by atoms with Gasteiger partial charge in [0.05, 0.1) is 5.69 Å². The molecule has 10 heteroatoms. The molecule has 3 aliphatic carbocycles. The number of anilines is 1. The highest BCUT2D eigenvalue weighted by Crippen LogP contribution is 2.65. The van der Waals surface area contributed by atoms with Gasteiger partial charge >= 0.3 is 12.5 Å². The van der Waals surface area contributed by atoms with Crippen molar-refractivity contribution >= 4 is 23.5 Å². The van der Waals surface area contributed by atoms with Crippen molar-refractivity contribution in [2.24, 2.45) is 34.5 Å². The van der Waals surface area contributed by atoms with Crippen molar-refractivity contribution in [3.63, 3.8) is 0 Å². The predicted molar refractivity (Wildman–Crippen MR) is 150 cm³/mol. The van der Waals surface area contributed by atoms with E-state index in [1.807, 2.05) is 20.8 Å². The van der Waals surface area contributed by atoms with Crippen LogP contribution in [-0.4, -0.2) is 41.2 Å². The average molecular weight is 591 g/mol. The van der Waals surface area contributed by atoms with Gasteiger partial charge in [-0.3, -0.25) is 14.5 Å². The molecule has 6 atom stereocenters. The SMILES string of the molecule is Cc1ccc(NC(=O)C2CCC3C4CN(C(=O)OC(C)(C)C)C5=CC(=O)CCC5(C)C4CCC23C)c(OC(F)(F)F)c1. The molecule has 1 aromatic carbocycles. The second-order valence-electron chi connectivity index (χ2n) is 14.1. The van der Waals surface area contributed by atoms with Gasteiger partial charge in [0.2, 0.25) is 5.91 Å². The van der Waals surface area contributed by atoms with Crippen molar-refractivity contribution in [3.05, 3.63) is 35.5 Å². The van der Waals surface area contributed by atoms with E-state index in [-0.39, 0.29) is 40.5 Å². The zero-order valence-corrected chi connectivity index (χ0v) is 25.2. The van der Waals surface area contributed by atoms with E-state index in [1.165, 1.54) is 12.1 Å². The molecule has 1 heterocycles. The van der Waals surface area contributed by atoms with Crippen molar-refractivity contribution in [1.82, 2.24) is 4.90 Å². The Morgan fingerprint density at radius 2 is 1.76 bits per heavy atom. The summed E-state index contributed by atoms with van der Waals surface area (Å²) in [7, 11) is 0. The molecule has 1 saturated heterocycles. The van der Waals surface area contributed by atoms with Crippen LogP contribution in [0.25, 0.3) is 0 Å². The van der Waals surface area contributed by atoms with E-state index in [9.17, 15) is 27.6 Å². The molecule has 42 heavy (non-hydrogen) atoms. The molecule has 5 rings (SSSR count). The van der Waals surface area contributed by atoms with Gasteiger partial charge in [-0.15, -0.1) is 13.2 Å². The van der Waals surface area contributed by atoms with Gasteiger partial charge in [-0.25, -0.2) is 4.79 Å². The summed E-state index contributed by atoms with van der Waals surface area (Å²) in [6.45, 7) is 11.8. The van der Waals surface area contributed by atoms with Crippen LogP contribution in [0, 0.1) is 41.4 Å². The molecule has 0 aromatic heterocycles. The molecule has 3 fully saturated rings. The number of ketones is 1. The summed E-state index contributed by atoms with van der Waals surface area (Å²) in [5.41, 5.74) is -0.166. The first kappa shape index (κ1) is 30.4. The number of carbonyl (C=O) groups excluding carboxylic acids is 3. The Bertz CT molecular complexity index is 1320. The lowest BCUT2D eigenvalue weighted by Crippen LogP contribution is -2.59. The van der Waals surface area contributed by atoms with E-state index in [2.05, 4.69) is 23.9 Å². The molecular formula is C32H41F3N2O5. The van der Waals surface area contributed by atoms with Crippen molar-refractivity contribution in [1.29, 1.82) is 0 Å². The number of aryl methyl sites for hydroxylation is 1. The number of likely N-dealkylation sites (tertiary alicyclic amines) is 1. The van der Waals surface area contributed by atoms with E-state index in [1.54, 1.807) is 24.0 Å².